The fourth-order valence-electron chi connectivity index (χ4n) is 1.36. The van der Waals surface area contributed by atoms with E-state index < -0.39 is 5.97 Å². The number of methoxy groups -OCH3 is 1. The third kappa shape index (κ3) is 5.04. The molecule has 1 aromatic heterocycles. The van der Waals surface area contributed by atoms with Crippen LogP contribution in [-0.4, -0.2) is 19.6 Å². The Hall–Kier alpha value is -1.29. The van der Waals surface area contributed by atoms with Crippen molar-refractivity contribution in [3.05, 3.63) is 23.7 Å². The van der Waals surface area contributed by atoms with Crippen molar-refractivity contribution in [2.45, 2.75) is 33.7 Å². The number of carbonyl (C=O) groups excluding carboxylic acids is 1. The molecule has 4 nitrogen and oxygen atoms in total. The Bertz CT molecular complexity index is 363. The van der Waals surface area contributed by atoms with Gasteiger partial charge in [-0.2, -0.15) is 0 Å². The highest BCUT2D eigenvalue weighted by Crippen LogP contribution is 2.17. The third-order valence-corrected chi connectivity index (χ3v) is 2.40. The second-order valence-electron chi connectivity index (χ2n) is 5.24. The van der Waals surface area contributed by atoms with E-state index in [9.17, 15) is 4.79 Å². The number of hydrogen-bond donors (Lipinski definition) is 1. The Morgan fingerprint density at radius 1 is 1.41 bits per heavy atom. The first-order valence-corrected chi connectivity index (χ1v) is 5.80. The summed E-state index contributed by atoms with van der Waals surface area (Å²) in [6.07, 6.45) is 1.09. The minimum absolute atomic E-state index is 0.250. The molecule has 0 aliphatic rings. The van der Waals surface area contributed by atoms with Crippen molar-refractivity contribution in [1.82, 2.24) is 5.32 Å². The van der Waals surface area contributed by atoms with Crippen LogP contribution in [0.4, 0.5) is 0 Å². The molecule has 1 heterocycles. The van der Waals surface area contributed by atoms with Crippen LogP contribution >= 0.6 is 0 Å². The van der Waals surface area contributed by atoms with Gasteiger partial charge in [-0.05, 0) is 30.5 Å². The van der Waals surface area contributed by atoms with E-state index in [1.807, 2.05) is 0 Å². The normalized spacial score (nSPS) is 11.5. The average molecular weight is 239 g/mol. The smallest absolute Gasteiger partial charge is 0.373 e. The molecule has 0 aromatic carbocycles. The Morgan fingerprint density at radius 2 is 2.12 bits per heavy atom. The van der Waals surface area contributed by atoms with Crippen molar-refractivity contribution < 1.29 is 13.9 Å². The monoisotopic (exact) mass is 239 g/mol. The molecule has 0 aliphatic heterocycles. The van der Waals surface area contributed by atoms with Crippen molar-refractivity contribution in [1.29, 1.82) is 0 Å². The maximum Gasteiger partial charge on any atom is 0.373 e. The van der Waals surface area contributed by atoms with Crippen LogP contribution in [0.5, 0.6) is 0 Å². The van der Waals surface area contributed by atoms with Crippen LogP contribution in [0.25, 0.3) is 0 Å². The highest BCUT2D eigenvalue weighted by Gasteiger charge is 2.11. The van der Waals surface area contributed by atoms with E-state index in [0.717, 1.165) is 18.7 Å². The first-order chi connectivity index (χ1) is 7.92. The minimum Gasteiger partial charge on any atom is -0.463 e. The fourth-order valence-corrected chi connectivity index (χ4v) is 1.36. The number of esters is 1. The lowest BCUT2D eigenvalue weighted by Gasteiger charge is -2.17. The van der Waals surface area contributed by atoms with Crippen LogP contribution in [0.2, 0.25) is 0 Å². The molecule has 0 spiro atoms. The first kappa shape index (κ1) is 13.8. The Labute approximate surface area is 102 Å². The van der Waals surface area contributed by atoms with Crippen LogP contribution in [-0.2, 0) is 11.3 Å². The number of carbonyl (C=O) groups is 1. The van der Waals surface area contributed by atoms with Crippen molar-refractivity contribution >= 4 is 5.97 Å². The van der Waals surface area contributed by atoms with E-state index in [0.29, 0.717) is 12.0 Å². The first-order valence-electron chi connectivity index (χ1n) is 5.80. The van der Waals surface area contributed by atoms with Crippen molar-refractivity contribution in [2.24, 2.45) is 5.41 Å². The van der Waals surface area contributed by atoms with Crippen LogP contribution in [0.1, 0.15) is 43.5 Å². The molecule has 0 atom stereocenters. The fraction of sp³-hybridized carbons (Fsp3) is 0.615. The highest BCUT2D eigenvalue weighted by atomic mass is 16.5. The van der Waals surface area contributed by atoms with E-state index in [1.165, 1.54) is 7.11 Å². The van der Waals surface area contributed by atoms with Crippen LogP contribution in [0.3, 0.4) is 0 Å². The maximum atomic E-state index is 11.2. The SMILES string of the molecule is COC(=O)c1ccc(CNCCC(C)(C)C)o1. The molecule has 0 saturated carbocycles. The largest absolute Gasteiger partial charge is 0.463 e. The van der Waals surface area contributed by atoms with Gasteiger partial charge in [0.05, 0.1) is 13.7 Å². The summed E-state index contributed by atoms with van der Waals surface area (Å²) in [5.41, 5.74) is 0.327. The minimum atomic E-state index is -0.439. The molecule has 0 amide bonds. The molecule has 0 bridgehead atoms. The van der Waals surface area contributed by atoms with Gasteiger partial charge in [0, 0.05) is 0 Å². The van der Waals surface area contributed by atoms with Gasteiger partial charge in [0.1, 0.15) is 5.76 Å². The van der Waals surface area contributed by atoms with Gasteiger partial charge in [-0.25, -0.2) is 4.79 Å². The molecular formula is C13H21NO3. The molecule has 0 unspecified atom stereocenters. The number of rotatable bonds is 5. The Balaban J connectivity index is 2.33. The van der Waals surface area contributed by atoms with Crippen molar-refractivity contribution in [3.8, 4) is 0 Å². The zero-order valence-corrected chi connectivity index (χ0v) is 11.0. The number of hydrogen-bond acceptors (Lipinski definition) is 4. The zero-order chi connectivity index (χ0) is 12.9. The van der Waals surface area contributed by atoms with Crippen molar-refractivity contribution in [2.75, 3.05) is 13.7 Å². The van der Waals surface area contributed by atoms with Gasteiger partial charge >= 0.3 is 5.97 Å². The zero-order valence-electron chi connectivity index (χ0n) is 11.0. The summed E-state index contributed by atoms with van der Waals surface area (Å²) in [5, 5.41) is 3.28. The molecule has 0 aliphatic carbocycles. The lowest BCUT2D eigenvalue weighted by molar-refractivity contribution is 0.0563. The highest BCUT2D eigenvalue weighted by molar-refractivity contribution is 5.86. The summed E-state index contributed by atoms with van der Waals surface area (Å²) in [6, 6.07) is 3.42. The average Bonchev–Trinajstić information content (AvgIpc) is 2.70. The lowest BCUT2D eigenvalue weighted by Crippen LogP contribution is -2.19. The topological polar surface area (TPSA) is 51.5 Å². The van der Waals surface area contributed by atoms with E-state index >= 15 is 0 Å². The molecular weight excluding hydrogens is 218 g/mol. The van der Waals surface area contributed by atoms with Gasteiger partial charge in [-0.3, -0.25) is 0 Å². The summed E-state index contributed by atoms with van der Waals surface area (Å²) in [5.74, 6) is 0.561. The molecule has 1 N–H and O–H groups in total. The summed E-state index contributed by atoms with van der Waals surface area (Å²) in [7, 11) is 1.34. The summed E-state index contributed by atoms with van der Waals surface area (Å²) in [4.78, 5) is 11.2. The van der Waals surface area contributed by atoms with Crippen LogP contribution in [0, 0.1) is 5.41 Å². The Kier molecular flexibility index (Phi) is 4.75. The Morgan fingerprint density at radius 3 is 2.71 bits per heavy atom. The summed E-state index contributed by atoms with van der Waals surface area (Å²) < 4.78 is 9.90. The predicted octanol–water partition coefficient (Wildman–Crippen LogP) is 2.59. The summed E-state index contributed by atoms with van der Waals surface area (Å²) in [6.45, 7) is 8.18. The molecule has 4 heteroatoms. The van der Waals surface area contributed by atoms with Gasteiger partial charge in [0.15, 0.2) is 0 Å². The van der Waals surface area contributed by atoms with Crippen LogP contribution in [0.15, 0.2) is 16.5 Å². The van der Waals surface area contributed by atoms with Gasteiger partial charge in [0.2, 0.25) is 5.76 Å². The van der Waals surface area contributed by atoms with E-state index in [1.54, 1.807) is 12.1 Å². The lowest BCUT2D eigenvalue weighted by atomic mass is 9.92. The van der Waals surface area contributed by atoms with Crippen LogP contribution < -0.4 is 5.32 Å². The molecule has 1 aromatic rings. The molecule has 1 rings (SSSR count). The number of nitrogens with one attached hydrogen (secondary N) is 1. The van der Waals surface area contributed by atoms with Gasteiger partial charge in [-0.15, -0.1) is 0 Å². The molecule has 0 radical (unpaired) electrons. The second-order valence-corrected chi connectivity index (χ2v) is 5.24. The molecule has 17 heavy (non-hydrogen) atoms. The van der Waals surface area contributed by atoms with Gasteiger partial charge in [-0.1, -0.05) is 20.8 Å². The van der Waals surface area contributed by atoms with E-state index in [4.69, 9.17) is 4.42 Å². The van der Waals surface area contributed by atoms with Crippen molar-refractivity contribution in [3.63, 3.8) is 0 Å². The molecule has 0 saturated heterocycles. The van der Waals surface area contributed by atoms with E-state index in [-0.39, 0.29) is 5.76 Å². The molecule has 0 fully saturated rings. The summed E-state index contributed by atoms with van der Waals surface area (Å²) >= 11 is 0. The second kappa shape index (κ2) is 5.87. The molecule has 96 valence electrons. The number of furan rings is 1. The van der Waals surface area contributed by atoms with Gasteiger partial charge < -0.3 is 14.5 Å². The predicted molar refractivity (Wildman–Crippen MR) is 65.8 cm³/mol. The third-order valence-electron chi connectivity index (χ3n) is 2.40. The maximum absolute atomic E-state index is 11.2. The number of ether oxygens (including phenoxy) is 1. The standard InChI is InChI=1S/C13H21NO3/c1-13(2,3)7-8-14-9-10-5-6-11(17-10)12(15)16-4/h5-6,14H,7-9H2,1-4H3. The quantitative estimate of drug-likeness (QED) is 0.634. The van der Waals surface area contributed by atoms with E-state index in [2.05, 4.69) is 30.8 Å². The van der Waals surface area contributed by atoms with Gasteiger partial charge in [0.25, 0.3) is 0 Å².